The molecule has 0 saturated heterocycles. The lowest BCUT2D eigenvalue weighted by Gasteiger charge is -2.11. The van der Waals surface area contributed by atoms with Gasteiger partial charge in [0.15, 0.2) is 0 Å². The van der Waals surface area contributed by atoms with Crippen LogP contribution < -0.4 is 0 Å². The zero-order chi connectivity index (χ0) is 10.6. The van der Waals surface area contributed by atoms with Crippen LogP contribution in [0.15, 0.2) is 23.5 Å². The third-order valence-electron chi connectivity index (χ3n) is 1.84. The lowest BCUT2D eigenvalue weighted by atomic mass is 10.1. The molecule has 0 fully saturated rings. The van der Waals surface area contributed by atoms with Crippen molar-refractivity contribution in [3.8, 4) is 0 Å². The lowest BCUT2D eigenvalue weighted by Crippen LogP contribution is -2.09. The minimum Gasteiger partial charge on any atom is -0.461 e. The highest BCUT2D eigenvalue weighted by atomic mass is 16.5. The summed E-state index contributed by atoms with van der Waals surface area (Å²) in [6.07, 6.45) is 3.29. The summed E-state index contributed by atoms with van der Waals surface area (Å²) in [6, 6.07) is 0. The average Bonchev–Trinajstić information content (AvgIpc) is 2.14. The minimum absolute atomic E-state index is 0.224. The largest absolute Gasteiger partial charge is 0.461 e. The van der Waals surface area contributed by atoms with Crippen molar-refractivity contribution >= 4 is 11.9 Å². The maximum Gasteiger partial charge on any atom is 0.315 e. The fourth-order valence-electron chi connectivity index (χ4n) is 1.04. The first kappa shape index (κ1) is 10.5. The van der Waals surface area contributed by atoms with Gasteiger partial charge in [-0.3, -0.25) is 9.59 Å². The number of allylic oxidation sites excluding steroid dienone is 1. The summed E-state index contributed by atoms with van der Waals surface area (Å²) < 4.78 is 9.43. The van der Waals surface area contributed by atoms with Gasteiger partial charge < -0.3 is 9.47 Å². The van der Waals surface area contributed by atoms with Crippen molar-refractivity contribution in [1.82, 2.24) is 0 Å². The smallest absolute Gasteiger partial charge is 0.315 e. The number of rotatable bonds is 2. The highest BCUT2D eigenvalue weighted by Crippen LogP contribution is 2.16. The number of carbonyl (C=O) groups excluding carboxylic acids is 2. The normalized spacial score (nSPS) is 18.9. The summed E-state index contributed by atoms with van der Waals surface area (Å²) in [7, 11) is 0. The van der Waals surface area contributed by atoms with Gasteiger partial charge in [0.1, 0.15) is 6.61 Å². The van der Waals surface area contributed by atoms with Crippen molar-refractivity contribution in [1.29, 1.82) is 0 Å². The van der Waals surface area contributed by atoms with Crippen molar-refractivity contribution < 1.29 is 19.1 Å². The van der Waals surface area contributed by atoms with E-state index in [1.807, 2.05) is 6.92 Å². The first-order valence-electron chi connectivity index (χ1n) is 4.27. The Morgan fingerprint density at radius 2 is 2.29 bits per heavy atom. The van der Waals surface area contributed by atoms with E-state index in [1.165, 1.54) is 13.2 Å². The first-order chi connectivity index (χ1) is 6.59. The molecule has 0 saturated carbocycles. The first-order valence-corrected chi connectivity index (χ1v) is 4.27. The molecule has 1 aliphatic rings. The van der Waals surface area contributed by atoms with Crippen molar-refractivity contribution in [2.24, 2.45) is 0 Å². The molecule has 4 nitrogen and oxygen atoms in total. The van der Waals surface area contributed by atoms with Gasteiger partial charge in [0, 0.05) is 6.92 Å². The molecule has 1 heterocycles. The van der Waals surface area contributed by atoms with Crippen LogP contribution in [0.25, 0.3) is 0 Å². The number of hydrogen-bond donors (Lipinski definition) is 0. The molecule has 0 amide bonds. The third-order valence-corrected chi connectivity index (χ3v) is 1.84. The van der Waals surface area contributed by atoms with Crippen LogP contribution >= 0.6 is 0 Å². The summed E-state index contributed by atoms with van der Waals surface area (Å²) in [5.41, 5.74) is 1.72. The molecule has 0 aliphatic carbocycles. The zero-order valence-corrected chi connectivity index (χ0v) is 8.20. The Morgan fingerprint density at radius 1 is 1.57 bits per heavy atom. The quantitative estimate of drug-likeness (QED) is 0.625. The summed E-state index contributed by atoms with van der Waals surface area (Å²) in [4.78, 5) is 21.4. The molecule has 0 radical (unpaired) electrons. The van der Waals surface area contributed by atoms with E-state index in [1.54, 1.807) is 6.08 Å². The molecule has 14 heavy (non-hydrogen) atoms. The van der Waals surface area contributed by atoms with Gasteiger partial charge >= 0.3 is 11.9 Å². The lowest BCUT2D eigenvalue weighted by molar-refractivity contribution is -0.140. The van der Waals surface area contributed by atoms with E-state index in [2.05, 4.69) is 4.74 Å². The minimum atomic E-state index is -0.327. The number of hydrogen-bond acceptors (Lipinski definition) is 4. The molecule has 0 unspecified atom stereocenters. The highest BCUT2D eigenvalue weighted by molar-refractivity contribution is 5.75. The molecule has 4 heteroatoms. The molecular weight excluding hydrogens is 184 g/mol. The van der Waals surface area contributed by atoms with Crippen LogP contribution in [0.4, 0.5) is 0 Å². The second-order valence-corrected chi connectivity index (χ2v) is 3.06. The standard InChI is InChI=1S/C10H12O4/c1-7(6-14-8(2)11)9-3-4-13-10(12)5-9/h3-4H,5-6H2,1-2H3/b9-7+. The monoisotopic (exact) mass is 196 g/mol. The van der Waals surface area contributed by atoms with E-state index in [0.29, 0.717) is 0 Å². The SMILES string of the molecule is CC(=O)OC/C(C)=C1\C=COC(=O)C1. The third kappa shape index (κ3) is 3.05. The van der Waals surface area contributed by atoms with Gasteiger partial charge in [-0.15, -0.1) is 0 Å². The van der Waals surface area contributed by atoms with E-state index in [4.69, 9.17) is 4.74 Å². The Bertz CT molecular complexity index is 312. The highest BCUT2D eigenvalue weighted by Gasteiger charge is 2.12. The summed E-state index contributed by atoms with van der Waals surface area (Å²) >= 11 is 0. The van der Waals surface area contributed by atoms with E-state index >= 15 is 0 Å². The predicted octanol–water partition coefficient (Wildman–Crippen LogP) is 1.33. The van der Waals surface area contributed by atoms with Gasteiger partial charge in [0.25, 0.3) is 0 Å². The Kier molecular flexibility index (Phi) is 3.45. The molecule has 0 aromatic heterocycles. The molecule has 0 bridgehead atoms. The summed E-state index contributed by atoms with van der Waals surface area (Å²) in [6.45, 7) is 3.40. The van der Waals surface area contributed by atoms with Gasteiger partial charge in [-0.1, -0.05) is 0 Å². The molecule has 1 aliphatic heterocycles. The van der Waals surface area contributed by atoms with Crippen LogP contribution in [-0.4, -0.2) is 18.5 Å². The van der Waals surface area contributed by atoms with Crippen LogP contribution in [0, 0.1) is 0 Å². The maximum atomic E-state index is 10.9. The average molecular weight is 196 g/mol. The topological polar surface area (TPSA) is 52.6 Å². The molecular formula is C10H12O4. The van der Waals surface area contributed by atoms with Crippen LogP contribution in [0.1, 0.15) is 20.3 Å². The predicted molar refractivity (Wildman–Crippen MR) is 49.2 cm³/mol. The fourth-order valence-corrected chi connectivity index (χ4v) is 1.04. The summed E-state index contributed by atoms with van der Waals surface area (Å²) in [5.74, 6) is -0.614. The maximum absolute atomic E-state index is 10.9. The van der Waals surface area contributed by atoms with E-state index in [0.717, 1.165) is 11.1 Å². The summed E-state index contributed by atoms with van der Waals surface area (Å²) in [5, 5.41) is 0. The van der Waals surface area contributed by atoms with E-state index in [9.17, 15) is 9.59 Å². The second kappa shape index (κ2) is 4.60. The van der Waals surface area contributed by atoms with Crippen LogP contribution in [0.3, 0.4) is 0 Å². The fraction of sp³-hybridized carbons (Fsp3) is 0.400. The number of cyclic esters (lactones) is 1. The molecule has 0 aromatic rings. The second-order valence-electron chi connectivity index (χ2n) is 3.06. The number of esters is 2. The molecule has 1 rings (SSSR count). The molecule has 0 atom stereocenters. The number of carbonyl (C=O) groups is 2. The van der Waals surface area contributed by atoms with Gasteiger partial charge in [-0.05, 0) is 24.1 Å². The Hall–Kier alpha value is -1.58. The van der Waals surface area contributed by atoms with Crippen molar-refractivity contribution in [3.05, 3.63) is 23.5 Å². The van der Waals surface area contributed by atoms with E-state index < -0.39 is 0 Å². The Morgan fingerprint density at radius 3 is 2.86 bits per heavy atom. The van der Waals surface area contributed by atoms with Gasteiger partial charge in [0.2, 0.25) is 0 Å². The zero-order valence-electron chi connectivity index (χ0n) is 8.20. The molecule has 0 aromatic carbocycles. The van der Waals surface area contributed by atoms with Gasteiger partial charge in [-0.25, -0.2) is 0 Å². The van der Waals surface area contributed by atoms with Crippen LogP contribution in [0.2, 0.25) is 0 Å². The Balaban J connectivity index is 2.63. The molecule has 0 spiro atoms. The molecule has 76 valence electrons. The van der Waals surface area contributed by atoms with Crippen molar-refractivity contribution in [2.75, 3.05) is 6.61 Å². The van der Waals surface area contributed by atoms with Crippen LogP contribution in [0.5, 0.6) is 0 Å². The molecule has 0 N–H and O–H groups in total. The van der Waals surface area contributed by atoms with Gasteiger partial charge in [0.05, 0.1) is 12.7 Å². The van der Waals surface area contributed by atoms with Crippen molar-refractivity contribution in [2.45, 2.75) is 20.3 Å². The van der Waals surface area contributed by atoms with Crippen molar-refractivity contribution in [3.63, 3.8) is 0 Å². The Labute approximate surface area is 82.2 Å². The number of ether oxygens (including phenoxy) is 2. The van der Waals surface area contributed by atoms with E-state index in [-0.39, 0.29) is 25.0 Å². The van der Waals surface area contributed by atoms with Gasteiger partial charge in [-0.2, -0.15) is 0 Å². The van der Waals surface area contributed by atoms with Crippen LogP contribution in [-0.2, 0) is 19.1 Å².